The van der Waals surface area contributed by atoms with Crippen LogP contribution < -0.4 is 5.32 Å². The van der Waals surface area contributed by atoms with Crippen LogP contribution in [0.5, 0.6) is 0 Å². The summed E-state index contributed by atoms with van der Waals surface area (Å²) in [5, 5.41) is 2.77. The second-order valence-corrected chi connectivity index (χ2v) is 5.37. The zero-order valence-electron chi connectivity index (χ0n) is 13.4. The molecular weight excluding hydrogens is 283 g/mol. The van der Waals surface area contributed by atoms with Crippen molar-refractivity contribution in [1.82, 2.24) is 10.2 Å². The van der Waals surface area contributed by atoms with E-state index < -0.39 is 0 Å². The first-order valence-corrected chi connectivity index (χ1v) is 7.79. The van der Waals surface area contributed by atoms with E-state index in [2.05, 4.69) is 12.2 Å². The number of nitrogens with zero attached hydrogens (tertiary/aromatic N) is 1. The minimum Gasteiger partial charge on any atom is -0.354 e. The molecule has 0 aliphatic rings. The van der Waals surface area contributed by atoms with Gasteiger partial charge < -0.3 is 10.2 Å². The Hall–Kier alpha value is -1.91. The Morgan fingerprint density at radius 3 is 2.64 bits per heavy atom. The van der Waals surface area contributed by atoms with Gasteiger partial charge in [-0.25, -0.2) is 4.39 Å². The van der Waals surface area contributed by atoms with E-state index in [1.807, 2.05) is 0 Å². The molecule has 0 saturated heterocycles. The van der Waals surface area contributed by atoms with E-state index in [0.29, 0.717) is 18.7 Å². The number of nitrogens with one attached hydrogen (secondary N) is 1. The van der Waals surface area contributed by atoms with Gasteiger partial charge >= 0.3 is 0 Å². The molecule has 4 nitrogen and oxygen atoms in total. The molecule has 1 aromatic carbocycles. The molecule has 0 unspecified atom stereocenters. The van der Waals surface area contributed by atoms with E-state index in [1.54, 1.807) is 24.0 Å². The molecule has 22 heavy (non-hydrogen) atoms. The van der Waals surface area contributed by atoms with E-state index in [-0.39, 0.29) is 24.1 Å². The normalized spacial score (nSPS) is 10.3. The second-order valence-electron chi connectivity index (χ2n) is 5.37. The molecule has 0 aliphatic heterocycles. The van der Waals surface area contributed by atoms with Crippen molar-refractivity contribution >= 4 is 11.8 Å². The van der Waals surface area contributed by atoms with Gasteiger partial charge in [-0.3, -0.25) is 9.59 Å². The second kappa shape index (κ2) is 9.92. The van der Waals surface area contributed by atoms with E-state index in [1.165, 1.54) is 12.1 Å². The Balaban J connectivity index is 2.31. The number of amides is 2. The average Bonchev–Trinajstić information content (AvgIpc) is 2.45. The Morgan fingerprint density at radius 1 is 1.23 bits per heavy atom. The summed E-state index contributed by atoms with van der Waals surface area (Å²) in [5.74, 6) is -0.484. The van der Waals surface area contributed by atoms with Gasteiger partial charge in [-0.15, -0.1) is 0 Å². The summed E-state index contributed by atoms with van der Waals surface area (Å²) < 4.78 is 13.0. The minimum absolute atomic E-state index is 0.0236. The van der Waals surface area contributed by atoms with Crippen molar-refractivity contribution < 1.29 is 14.0 Å². The van der Waals surface area contributed by atoms with Crippen LogP contribution in [-0.2, 0) is 16.0 Å². The standard InChI is InChI=1S/C17H25FN2O2/c1-3-4-5-10-20(14(2)21)11-9-19-17(22)13-15-7-6-8-16(18)12-15/h6-8,12H,3-5,9-11,13H2,1-2H3,(H,19,22). The molecule has 0 aliphatic carbocycles. The maximum absolute atomic E-state index is 13.0. The van der Waals surface area contributed by atoms with Gasteiger partial charge in [0.2, 0.25) is 11.8 Å². The van der Waals surface area contributed by atoms with Gasteiger partial charge in [-0.2, -0.15) is 0 Å². The molecule has 0 radical (unpaired) electrons. The molecule has 0 heterocycles. The predicted molar refractivity (Wildman–Crippen MR) is 84.9 cm³/mol. The summed E-state index contributed by atoms with van der Waals surface area (Å²) >= 11 is 0. The lowest BCUT2D eigenvalue weighted by atomic mass is 10.1. The molecule has 0 aromatic heterocycles. The van der Waals surface area contributed by atoms with Crippen LogP contribution in [0.1, 0.15) is 38.7 Å². The molecule has 0 saturated carbocycles. The van der Waals surface area contributed by atoms with Crippen LogP contribution in [0.2, 0.25) is 0 Å². The fourth-order valence-electron chi connectivity index (χ4n) is 2.20. The Morgan fingerprint density at radius 2 is 2.00 bits per heavy atom. The highest BCUT2D eigenvalue weighted by atomic mass is 19.1. The van der Waals surface area contributed by atoms with Crippen molar-refractivity contribution in [1.29, 1.82) is 0 Å². The van der Waals surface area contributed by atoms with E-state index in [9.17, 15) is 14.0 Å². The summed E-state index contributed by atoms with van der Waals surface area (Å²) in [4.78, 5) is 25.1. The van der Waals surface area contributed by atoms with E-state index in [4.69, 9.17) is 0 Å². The molecule has 5 heteroatoms. The highest BCUT2D eigenvalue weighted by molar-refractivity contribution is 5.78. The fraction of sp³-hybridized carbons (Fsp3) is 0.529. The largest absolute Gasteiger partial charge is 0.354 e. The minimum atomic E-state index is -0.344. The predicted octanol–water partition coefficient (Wildman–Crippen LogP) is 2.52. The molecule has 1 N–H and O–H groups in total. The van der Waals surface area contributed by atoms with Crippen LogP contribution in [0.4, 0.5) is 4.39 Å². The van der Waals surface area contributed by atoms with Gasteiger partial charge in [0, 0.05) is 26.6 Å². The maximum Gasteiger partial charge on any atom is 0.224 e. The summed E-state index contributed by atoms with van der Waals surface area (Å²) in [7, 11) is 0. The zero-order valence-corrected chi connectivity index (χ0v) is 13.4. The summed E-state index contributed by atoms with van der Waals surface area (Å²) in [6.07, 6.45) is 3.33. The topological polar surface area (TPSA) is 49.4 Å². The number of unbranched alkanes of at least 4 members (excludes halogenated alkanes) is 2. The lowest BCUT2D eigenvalue weighted by Crippen LogP contribution is -2.38. The van der Waals surface area contributed by atoms with Gasteiger partial charge in [-0.05, 0) is 24.1 Å². The summed E-state index contributed by atoms with van der Waals surface area (Å²) in [6, 6.07) is 6.01. The molecule has 0 bridgehead atoms. The van der Waals surface area contributed by atoms with Gasteiger partial charge in [0.15, 0.2) is 0 Å². The molecule has 0 atom stereocenters. The molecule has 1 rings (SSSR count). The van der Waals surface area contributed by atoms with Gasteiger partial charge in [-0.1, -0.05) is 31.9 Å². The van der Waals surface area contributed by atoms with Crippen molar-refractivity contribution in [2.75, 3.05) is 19.6 Å². The molecule has 2 amide bonds. The number of hydrogen-bond acceptors (Lipinski definition) is 2. The van der Waals surface area contributed by atoms with Crippen LogP contribution in [0.25, 0.3) is 0 Å². The van der Waals surface area contributed by atoms with Crippen LogP contribution >= 0.6 is 0 Å². The Labute approximate surface area is 131 Å². The SMILES string of the molecule is CCCCCN(CCNC(=O)Cc1cccc(F)c1)C(C)=O. The summed E-state index contributed by atoms with van der Waals surface area (Å²) in [5.41, 5.74) is 0.642. The first kappa shape index (κ1) is 18.1. The third-order valence-corrected chi connectivity index (χ3v) is 3.43. The quantitative estimate of drug-likeness (QED) is 0.713. The maximum atomic E-state index is 13.0. The van der Waals surface area contributed by atoms with E-state index in [0.717, 1.165) is 25.8 Å². The van der Waals surface area contributed by atoms with Crippen molar-refractivity contribution in [3.63, 3.8) is 0 Å². The third kappa shape index (κ3) is 7.20. The first-order valence-electron chi connectivity index (χ1n) is 7.79. The number of carbonyl (C=O) groups is 2. The van der Waals surface area contributed by atoms with Crippen LogP contribution in [0.3, 0.4) is 0 Å². The van der Waals surface area contributed by atoms with Crippen LogP contribution in [0.15, 0.2) is 24.3 Å². The molecule has 122 valence electrons. The monoisotopic (exact) mass is 308 g/mol. The van der Waals surface area contributed by atoms with Crippen molar-refractivity contribution in [2.45, 2.75) is 39.5 Å². The van der Waals surface area contributed by atoms with Crippen LogP contribution in [-0.4, -0.2) is 36.3 Å². The van der Waals surface area contributed by atoms with Crippen molar-refractivity contribution in [3.8, 4) is 0 Å². The molecule has 0 fully saturated rings. The molecule has 1 aromatic rings. The number of halogens is 1. The zero-order chi connectivity index (χ0) is 16.4. The fourth-order valence-corrected chi connectivity index (χ4v) is 2.20. The molecular formula is C17H25FN2O2. The first-order chi connectivity index (χ1) is 10.5. The smallest absolute Gasteiger partial charge is 0.224 e. The third-order valence-electron chi connectivity index (χ3n) is 3.43. The number of carbonyl (C=O) groups excluding carboxylic acids is 2. The van der Waals surface area contributed by atoms with Crippen molar-refractivity contribution in [3.05, 3.63) is 35.6 Å². The Kier molecular flexibility index (Phi) is 8.18. The van der Waals surface area contributed by atoms with E-state index >= 15 is 0 Å². The molecule has 0 spiro atoms. The van der Waals surface area contributed by atoms with Gasteiger partial charge in [0.25, 0.3) is 0 Å². The number of benzene rings is 1. The van der Waals surface area contributed by atoms with Crippen LogP contribution in [0, 0.1) is 5.82 Å². The highest BCUT2D eigenvalue weighted by Gasteiger charge is 2.09. The number of hydrogen-bond donors (Lipinski definition) is 1. The van der Waals surface area contributed by atoms with Gasteiger partial charge in [0.05, 0.1) is 6.42 Å². The summed E-state index contributed by atoms with van der Waals surface area (Å²) in [6.45, 7) is 5.31. The highest BCUT2D eigenvalue weighted by Crippen LogP contribution is 2.04. The van der Waals surface area contributed by atoms with Gasteiger partial charge in [0.1, 0.15) is 5.82 Å². The Bertz CT molecular complexity index is 491. The lowest BCUT2D eigenvalue weighted by molar-refractivity contribution is -0.129. The lowest BCUT2D eigenvalue weighted by Gasteiger charge is -2.21. The van der Waals surface area contributed by atoms with Crippen molar-refractivity contribution in [2.24, 2.45) is 0 Å². The number of rotatable bonds is 9. The average molecular weight is 308 g/mol.